The molecule has 0 fully saturated rings. The Morgan fingerprint density at radius 3 is 1.05 bits per heavy atom. The fourth-order valence-electron chi connectivity index (χ4n) is 9.72. The van der Waals surface area contributed by atoms with Gasteiger partial charge in [0.05, 0.1) is 16.1 Å². The summed E-state index contributed by atoms with van der Waals surface area (Å²) in [6.45, 7) is 10.3. The molecule has 0 amide bonds. The Labute approximate surface area is 373 Å². The minimum absolute atomic E-state index is 0. The van der Waals surface area contributed by atoms with E-state index in [1.807, 2.05) is 0 Å². The zero-order valence-electron chi connectivity index (χ0n) is 33.1. The van der Waals surface area contributed by atoms with Gasteiger partial charge >= 0.3 is 26.2 Å². The van der Waals surface area contributed by atoms with E-state index in [-0.39, 0.29) is 51.0 Å². The summed E-state index contributed by atoms with van der Waals surface area (Å²) in [6, 6.07) is 57.7. The van der Waals surface area contributed by atoms with Gasteiger partial charge in [-0.25, -0.2) is 0 Å². The summed E-state index contributed by atoms with van der Waals surface area (Å²) < 4.78 is 0. The number of allylic oxidation sites excluding steroid dienone is 4. The molecule has 0 radical (unpaired) electrons. The van der Waals surface area contributed by atoms with Crippen molar-refractivity contribution in [2.75, 3.05) is 0 Å². The van der Waals surface area contributed by atoms with Crippen LogP contribution in [0.4, 0.5) is 0 Å². The predicted octanol–water partition coefficient (Wildman–Crippen LogP) is 7.51. The molecule has 0 aromatic heterocycles. The van der Waals surface area contributed by atoms with Crippen LogP contribution in [0.15, 0.2) is 168 Å². The maximum Gasteiger partial charge on any atom is 2.00 e. The maximum atomic E-state index is 2.56. The summed E-state index contributed by atoms with van der Waals surface area (Å²) in [7, 11) is -3.48. The Kier molecular flexibility index (Phi) is 13.2. The first kappa shape index (κ1) is 42.8. The molecule has 2 unspecified atom stereocenters. The predicted molar refractivity (Wildman–Crippen MR) is 238 cm³/mol. The monoisotopic (exact) mass is 888 g/mol. The van der Waals surface area contributed by atoms with E-state index >= 15 is 0 Å². The summed E-state index contributed by atoms with van der Waals surface area (Å²) in [4.78, 5) is 0. The van der Waals surface area contributed by atoms with E-state index in [0.717, 1.165) is 12.8 Å². The average molecular weight is 891 g/mol. The number of hydrogen-bond acceptors (Lipinski definition) is 0. The molecule has 0 heterocycles. The van der Waals surface area contributed by atoms with Gasteiger partial charge in [-0.1, -0.05) is 219 Å². The Morgan fingerprint density at radius 2 is 0.684 bits per heavy atom. The Hall–Kier alpha value is -3.82. The third kappa shape index (κ3) is 8.00. The molecular formula is C52H48Cl2Si2Zr. The minimum Gasteiger partial charge on any atom is -1.00 e. The molecule has 4 aliphatic carbocycles. The van der Waals surface area contributed by atoms with Crippen molar-refractivity contribution < 1.29 is 51.0 Å². The fourth-order valence-corrected chi connectivity index (χ4v) is 16.9. The van der Waals surface area contributed by atoms with E-state index < -0.39 is 16.1 Å². The SMILES string of the molecule is C[Si](C)(C1=Cc2ccccc2C1)C1C(c2ccccc2)=Cc2ccccc21.C[Si](C)(C1=Cc2ccccc2C1)C1C(c2ccccc2)=Cc2ccccc21.[Cl-].[Cl-].[Zr+2]. The Bertz CT molecular complexity index is 2340. The van der Waals surface area contributed by atoms with Gasteiger partial charge in [0.2, 0.25) is 0 Å². The van der Waals surface area contributed by atoms with Gasteiger partial charge in [0.1, 0.15) is 0 Å². The van der Waals surface area contributed by atoms with Gasteiger partial charge in [0.15, 0.2) is 0 Å². The molecule has 6 aromatic carbocycles. The van der Waals surface area contributed by atoms with Crippen molar-refractivity contribution in [3.8, 4) is 0 Å². The van der Waals surface area contributed by atoms with E-state index in [1.165, 1.54) is 66.8 Å². The summed E-state index contributed by atoms with van der Waals surface area (Å²) in [5, 5.41) is 3.35. The molecule has 282 valence electrons. The van der Waals surface area contributed by atoms with Gasteiger partial charge in [0.25, 0.3) is 0 Å². The molecule has 0 saturated carbocycles. The van der Waals surface area contributed by atoms with Gasteiger partial charge in [-0.15, -0.1) is 0 Å². The first-order valence-corrected chi connectivity index (χ1v) is 25.7. The Balaban J connectivity index is 0.000000183. The van der Waals surface area contributed by atoms with E-state index in [2.05, 4.69) is 208 Å². The average Bonchev–Trinajstić information content (AvgIpc) is 4.01. The topological polar surface area (TPSA) is 0 Å². The molecule has 4 aliphatic rings. The smallest absolute Gasteiger partial charge is 1.00 e. The molecule has 10 rings (SSSR count). The molecule has 6 aromatic rings. The van der Waals surface area contributed by atoms with Crippen LogP contribution in [0.25, 0.3) is 35.5 Å². The summed E-state index contributed by atoms with van der Waals surface area (Å²) in [5.41, 5.74) is 18.4. The van der Waals surface area contributed by atoms with Crippen LogP contribution in [0, 0.1) is 0 Å². The number of fused-ring (bicyclic) bond motifs is 4. The second kappa shape index (κ2) is 17.6. The van der Waals surface area contributed by atoms with Crippen LogP contribution in [0.1, 0.15) is 66.7 Å². The van der Waals surface area contributed by atoms with Crippen LogP contribution < -0.4 is 24.8 Å². The normalized spacial score (nSPS) is 17.0. The number of hydrogen-bond donors (Lipinski definition) is 0. The maximum absolute atomic E-state index is 2.56. The van der Waals surface area contributed by atoms with E-state index in [0.29, 0.717) is 11.1 Å². The second-order valence-corrected chi connectivity index (χ2v) is 25.9. The van der Waals surface area contributed by atoms with Gasteiger partial charge in [0, 0.05) is 11.1 Å². The largest absolute Gasteiger partial charge is 2.00 e. The molecular weight excluding hydrogens is 843 g/mol. The van der Waals surface area contributed by atoms with Crippen LogP contribution in [0.2, 0.25) is 26.2 Å². The first-order chi connectivity index (χ1) is 26.3. The fraction of sp³-hybridized carbons (Fsp3) is 0.154. The number of benzene rings is 6. The molecule has 0 spiro atoms. The third-order valence-electron chi connectivity index (χ3n) is 12.7. The number of halogens is 2. The molecule has 5 heteroatoms. The van der Waals surface area contributed by atoms with Crippen LogP contribution >= 0.6 is 0 Å². The van der Waals surface area contributed by atoms with Crippen molar-refractivity contribution in [3.63, 3.8) is 0 Å². The molecule has 0 nitrogen and oxygen atoms in total. The van der Waals surface area contributed by atoms with Crippen molar-refractivity contribution in [1.29, 1.82) is 0 Å². The van der Waals surface area contributed by atoms with Crippen LogP contribution in [0.5, 0.6) is 0 Å². The molecule has 0 saturated heterocycles. The zero-order valence-corrected chi connectivity index (χ0v) is 39.1. The van der Waals surface area contributed by atoms with Gasteiger partial charge in [-0.3, -0.25) is 0 Å². The molecule has 0 N–H and O–H groups in total. The minimum atomic E-state index is -1.74. The Morgan fingerprint density at radius 1 is 0.368 bits per heavy atom. The summed E-state index contributed by atoms with van der Waals surface area (Å²) >= 11 is 0. The van der Waals surface area contributed by atoms with Crippen molar-refractivity contribution in [2.24, 2.45) is 0 Å². The second-order valence-electron chi connectivity index (χ2n) is 16.6. The molecule has 2 atom stereocenters. The van der Waals surface area contributed by atoms with Gasteiger partial charge in [-0.2, -0.15) is 0 Å². The molecule has 0 bridgehead atoms. The van der Waals surface area contributed by atoms with E-state index in [1.54, 1.807) is 10.4 Å². The molecule has 0 aliphatic heterocycles. The van der Waals surface area contributed by atoms with E-state index in [9.17, 15) is 0 Å². The van der Waals surface area contributed by atoms with Crippen molar-refractivity contribution in [1.82, 2.24) is 0 Å². The van der Waals surface area contributed by atoms with Crippen molar-refractivity contribution in [2.45, 2.75) is 50.1 Å². The molecule has 57 heavy (non-hydrogen) atoms. The standard InChI is InChI=1S/2C26H24Si.2ClH.Zr/c2*1-27(2,23-16-20-12-6-7-13-21(20)17-23)26-24-15-9-8-14-22(24)18-25(26)19-10-4-3-5-11-19;;;/h2*3-16,18,26H,17H2,1-2H3;2*1H;/q;;;;+2/p-2. The number of rotatable bonds is 6. The summed E-state index contributed by atoms with van der Waals surface area (Å²) in [6.07, 6.45) is 12.1. The first-order valence-electron chi connectivity index (χ1n) is 19.6. The quantitative estimate of drug-likeness (QED) is 0.152. The summed E-state index contributed by atoms with van der Waals surface area (Å²) in [5.74, 6) is 0. The van der Waals surface area contributed by atoms with Crippen molar-refractivity contribution >= 4 is 51.6 Å². The van der Waals surface area contributed by atoms with Crippen molar-refractivity contribution in [3.05, 3.63) is 224 Å². The van der Waals surface area contributed by atoms with Gasteiger partial charge in [-0.05, 0) is 79.6 Å². The zero-order chi connectivity index (χ0) is 36.9. The van der Waals surface area contributed by atoms with E-state index in [4.69, 9.17) is 0 Å². The van der Waals surface area contributed by atoms with Crippen LogP contribution in [0.3, 0.4) is 0 Å². The van der Waals surface area contributed by atoms with Crippen LogP contribution in [-0.4, -0.2) is 16.1 Å². The third-order valence-corrected chi connectivity index (χ3v) is 20.8. The van der Waals surface area contributed by atoms with Crippen LogP contribution in [-0.2, 0) is 39.0 Å². The van der Waals surface area contributed by atoms with Gasteiger partial charge < -0.3 is 24.8 Å².